The Hall–Kier alpha value is -3.03. The van der Waals surface area contributed by atoms with Crippen LogP contribution < -0.4 is 4.74 Å². The first kappa shape index (κ1) is 15.5. The van der Waals surface area contributed by atoms with Crippen LogP contribution >= 0.6 is 11.6 Å². The van der Waals surface area contributed by atoms with Gasteiger partial charge in [-0.3, -0.25) is 5.41 Å². The predicted octanol–water partition coefficient (Wildman–Crippen LogP) is 4.84. The van der Waals surface area contributed by atoms with Crippen molar-refractivity contribution in [2.75, 3.05) is 0 Å². The van der Waals surface area contributed by atoms with Crippen molar-refractivity contribution in [2.24, 2.45) is 5.92 Å². The van der Waals surface area contributed by atoms with Crippen molar-refractivity contribution in [1.82, 2.24) is 0 Å². The Balaban J connectivity index is 2.05. The van der Waals surface area contributed by atoms with Gasteiger partial charge in [0.05, 0.1) is 6.07 Å². The summed E-state index contributed by atoms with van der Waals surface area (Å²) in [5.41, 5.74) is 1.68. The van der Waals surface area contributed by atoms with E-state index in [9.17, 15) is 10.4 Å². The zero-order chi connectivity index (χ0) is 17.6. The van der Waals surface area contributed by atoms with E-state index in [0.29, 0.717) is 10.8 Å². The molecular weight excluding hydrogens is 336 g/mol. The van der Waals surface area contributed by atoms with Gasteiger partial charge in [0.25, 0.3) is 0 Å². The molecule has 2 unspecified atom stereocenters. The van der Waals surface area contributed by atoms with Gasteiger partial charge in [-0.1, -0.05) is 35.9 Å². The first-order valence-electron chi connectivity index (χ1n) is 7.75. The summed E-state index contributed by atoms with van der Waals surface area (Å²) < 4.78 is 5.61. The number of phenols is 1. The van der Waals surface area contributed by atoms with E-state index in [2.05, 4.69) is 6.07 Å². The molecule has 25 heavy (non-hydrogen) atoms. The molecule has 0 saturated carbocycles. The fourth-order valence-electron chi connectivity index (χ4n) is 3.38. The van der Waals surface area contributed by atoms with Crippen molar-refractivity contribution < 1.29 is 9.84 Å². The molecular formula is C20H13ClN2O2. The molecule has 0 radical (unpaired) electrons. The molecule has 2 N–H and O–H groups in total. The maximum atomic E-state index is 9.93. The van der Waals surface area contributed by atoms with Crippen LogP contribution in [0.15, 0.2) is 54.6 Å². The Morgan fingerprint density at radius 1 is 1.08 bits per heavy atom. The Bertz CT molecular complexity index is 1040. The number of ether oxygens (including phenoxy) is 1. The highest BCUT2D eigenvalue weighted by atomic mass is 35.5. The molecule has 3 aromatic rings. The van der Waals surface area contributed by atoms with Gasteiger partial charge >= 0.3 is 0 Å². The van der Waals surface area contributed by atoms with Crippen LogP contribution in [0.3, 0.4) is 0 Å². The van der Waals surface area contributed by atoms with Crippen LogP contribution in [-0.4, -0.2) is 11.0 Å². The molecule has 3 aromatic carbocycles. The maximum absolute atomic E-state index is 9.93. The quantitative estimate of drug-likeness (QED) is 0.660. The zero-order valence-corrected chi connectivity index (χ0v) is 13.8. The van der Waals surface area contributed by atoms with Crippen molar-refractivity contribution in [3.63, 3.8) is 0 Å². The minimum absolute atomic E-state index is 0.0746. The van der Waals surface area contributed by atoms with Crippen LogP contribution in [0.4, 0.5) is 0 Å². The SMILES string of the molecule is N#CC1C(=N)Oc2ccc3ccc(O)cc3c2C1c1ccc(Cl)cc1. The lowest BCUT2D eigenvalue weighted by Gasteiger charge is -2.31. The van der Waals surface area contributed by atoms with Crippen LogP contribution in [0.25, 0.3) is 10.8 Å². The zero-order valence-electron chi connectivity index (χ0n) is 13.0. The number of nitrogens with zero attached hydrogens (tertiary/aromatic N) is 1. The van der Waals surface area contributed by atoms with Crippen LogP contribution in [0.5, 0.6) is 11.5 Å². The summed E-state index contributed by atoms with van der Waals surface area (Å²) in [6.45, 7) is 0. The number of benzene rings is 3. The standard InChI is InChI=1S/C20H13ClN2O2/c21-13-5-1-12(2-6-13)18-16(10-22)20(23)25-17-8-4-11-3-7-14(24)9-15(11)19(17)18/h1-9,16,18,23-24H. The first-order valence-corrected chi connectivity index (χ1v) is 8.13. The molecule has 0 fully saturated rings. The van der Waals surface area contributed by atoms with Gasteiger partial charge in [-0.15, -0.1) is 0 Å². The van der Waals surface area contributed by atoms with E-state index in [-0.39, 0.29) is 17.6 Å². The molecule has 4 nitrogen and oxygen atoms in total. The second-order valence-electron chi connectivity index (χ2n) is 5.99. The van der Waals surface area contributed by atoms with Crippen molar-refractivity contribution in [2.45, 2.75) is 5.92 Å². The third kappa shape index (κ3) is 2.50. The van der Waals surface area contributed by atoms with Gasteiger partial charge in [-0.2, -0.15) is 5.26 Å². The van der Waals surface area contributed by atoms with Gasteiger partial charge in [-0.05, 0) is 46.7 Å². The number of nitrogens with one attached hydrogen (secondary N) is 1. The fourth-order valence-corrected chi connectivity index (χ4v) is 3.51. The van der Waals surface area contributed by atoms with Gasteiger partial charge in [0, 0.05) is 16.5 Å². The lowest BCUT2D eigenvalue weighted by molar-refractivity contribution is 0.452. The van der Waals surface area contributed by atoms with E-state index in [1.807, 2.05) is 24.3 Å². The van der Waals surface area contributed by atoms with Gasteiger partial charge in [0.15, 0.2) is 0 Å². The van der Waals surface area contributed by atoms with Crippen LogP contribution in [0, 0.1) is 22.7 Å². The fraction of sp³-hybridized carbons (Fsp3) is 0.100. The number of halogens is 1. The Kier molecular flexibility index (Phi) is 3.60. The van der Waals surface area contributed by atoms with E-state index in [0.717, 1.165) is 21.9 Å². The summed E-state index contributed by atoms with van der Waals surface area (Å²) >= 11 is 6.00. The van der Waals surface area contributed by atoms with E-state index in [4.69, 9.17) is 21.7 Å². The Labute approximate surface area is 149 Å². The topological polar surface area (TPSA) is 77.1 Å². The molecule has 1 heterocycles. The molecule has 1 aliphatic heterocycles. The van der Waals surface area contributed by atoms with Crippen molar-refractivity contribution in [3.05, 3.63) is 70.7 Å². The van der Waals surface area contributed by atoms with Gasteiger partial charge in [0.1, 0.15) is 17.4 Å². The number of nitriles is 1. The summed E-state index contributed by atoms with van der Waals surface area (Å²) in [6.07, 6.45) is 0. The third-order valence-electron chi connectivity index (χ3n) is 4.52. The summed E-state index contributed by atoms with van der Waals surface area (Å²) in [5.74, 6) is -0.514. The average molecular weight is 349 g/mol. The van der Waals surface area contributed by atoms with Gasteiger partial charge < -0.3 is 9.84 Å². The molecule has 0 spiro atoms. The van der Waals surface area contributed by atoms with E-state index in [1.54, 1.807) is 30.3 Å². The minimum Gasteiger partial charge on any atom is -0.508 e. The molecule has 0 bridgehead atoms. The lowest BCUT2D eigenvalue weighted by Crippen LogP contribution is -2.31. The molecule has 122 valence electrons. The molecule has 0 saturated heterocycles. The molecule has 0 aromatic heterocycles. The smallest absolute Gasteiger partial charge is 0.205 e. The molecule has 1 aliphatic rings. The van der Waals surface area contributed by atoms with E-state index < -0.39 is 5.92 Å². The molecule has 0 aliphatic carbocycles. The summed E-state index contributed by atoms with van der Waals surface area (Å²) in [7, 11) is 0. The van der Waals surface area contributed by atoms with Crippen LogP contribution in [-0.2, 0) is 0 Å². The minimum atomic E-state index is -0.748. The number of aromatic hydroxyl groups is 1. The third-order valence-corrected chi connectivity index (χ3v) is 4.77. The predicted molar refractivity (Wildman–Crippen MR) is 96.4 cm³/mol. The van der Waals surface area contributed by atoms with Crippen LogP contribution in [0.1, 0.15) is 17.0 Å². The Morgan fingerprint density at radius 2 is 1.80 bits per heavy atom. The summed E-state index contributed by atoms with van der Waals surface area (Å²) in [6, 6.07) is 18.3. The maximum Gasteiger partial charge on any atom is 0.205 e. The molecule has 0 amide bonds. The molecule has 5 heteroatoms. The second-order valence-corrected chi connectivity index (χ2v) is 6.42. The van der Waals surface area contributed by atoms with Crippen LogP contribution in [0.2, 0.25) is 5.02 Å². The lowest BCUT2D eigenvalue weighted by atomic mass is 9.77. The number of rotatable bonds is 1. The van der Waals surface area contributed by atoms with Crippen molar-refractivity contribution >= 4 is 28.3 Å². The Morgan fingerprint density at radius 3 is 2.52 bits per heavy atom. The first-order chi connectivity index (χ1) is 12.1. The monoisotopic (exact) mass is 348 g/mol. The average Bonchev–Trinajstić information content (AvgIpc) is 2.61. The number of hydrogen-bond donors (Lipinski definition) is 2. The molecule has 2 atom stereocenters. The van der Waals surface area contributed by atoms with E-state index in [1.165, 1.54) is 0 Å². The second kappa shape index (κ2) is 5.80. The molecule has 4 rings (SSSR count). The van der Waals surface area contributed by atoms with Gasteiger partial charge in [0.2, 0.25) is 5.90 Å². The van der Waals surface area contributed by atoms with Crippen molar-refractivity contribution in [3.8, 4) is 17.6 Å². The largest absolute Gasteiger partial charge is 0.508 e. The van der Waals surface area contributed by atoms with Crippen molar-refractivity contribution in [1.29, 1.82) is 10.7 Å². The highest BCUT2D eigenvalue weighted by Crippen LogP contribution is 2.46. The number of fused-ring (bicyclic) bond motifs is 3. The summed E-state index contributed by atoms with van der Waals surface area (Å²) in [5, 5.41) is 30.1. The highest BCUT2D eigenvalue weighted by molar-refractivity contribution is 6.30. The normalized spacial score (nSPS) is 19.1. The summed E-state index contributed by atoms with van der Waals surface area (Å²) in [4.78, 5) is 0. The number of phenolic OH excluding ortho intramolecular Hbond substituents is 1. The number of hydrogen-bond acceptors (Lipinski definition) is 4. The van der Waals surface area contributed by atoms with Gasteiger partial charge in [-0.25, -0.2) is 0 Å². The van der Waals surface area contributed by atoms with E-state index >= 15 is 0 Å². The highest BCUT2D eigenvalue weighted by Gasteiger charge is 2.38.